The van der Waals surface area contributed by atoms with Gasteiger partial charge in [0, 0.05) is 13.2 Å². The van der Waals surface area contributed by atoms with Gasteiger partial charge < -0.3 is 0 Å². The molecule has 0 spiro atoms. The predicted molar refractivity (Wildman–Crippen MR) is 49.1 cm³/mol. The molecule has 1 aromatic heterocycles. The lowest BCUT2D eigenvalue weighted by molar-refractivity contribution is 0.534. The van der Waals surface area contributed by atoms with Crippen LogP contribution in [0.2, 0.25) is 0 Å². The zero-order valence-corrected chi connectivity index (χ0v) is 8.41. The van der Waals surface area contributed by atoms with Crippen molar-refractivity contribution < 1.29 is 0 Å². The Kier molecular flexibility index (Phi) is 3.09. The van der Waals surface area contributed by atoms with Gasteiger partial charge in [0.2, 0.25) is 0 Å². The minimum atomic E-state index is -0.0105. The summed E-state index contributed by atoms with van der Waals surface area (Å²) in [6.07, 6.45) is 2.93. The van der Waals surface area contributed by atoms with Crippen LogP contribution in [0.5, 0.6) is 0 Å². The van der Waals surface area contributed by atoms with Crippen LogP contribution in [0.25, 0.3) is 0 Å². The number of hydrogen-bond donors (Lipinski definition) is 0. The summed E-state index contributed by atoms with van der Waals surface area (Å²) >= 11 is 6.15. The Morgan fingerprint density at radius 3 is 2.75 bits per heavy atom. The van der Waals surface area contributed by atoms with Crippen molar-refractivity contribution in [2.75, 3.05) is 0 Å². The van der Waals surface area contributed by atoms with E-state index in [2.05, 4.69) is 24.2 Å². The molecule has 4 heteroatoms. The summed E-state index contributed by atoms with van der Waals surface area (Å²) < 4.78 is 1.67. The molecule has 1 rings (SSSR count). The highest BCUT2D eigenvalue weighted by Gasteiger charge is 2.17. The average Bonchev–Trinajstić information content (AvgIpc) is 2.49. The van der Waals surface area contributed by atoms with Crippen molar-refractivity contribution in [3.8, 4) is 0 Å². The van der Waals surface area contributed by atoms with Crippen LogP contribution in [-0.2, 0) is 7.05 Å². The molecule has 1 heterocycles. The molecular formula is C8H14ClN3. The number of aryl methyl sites for hydroxylation is 1. The summed E-state index contributed by atoms with van der Waals surface area (Å²) in [6.45, 7) is 4.24. The summed E-state index contributed by atoms with van der Waals surface area (Å²) in [5.41, 5.74) is 0.869. The maximum absolute atomic E-state index is 6.15. The molecule has 68 valence electrons. The van der Waals surface area contributed by atoms with E-state index in [0.717, 1.165) is 12.1 Å². The van der Waals surface area contributed by atoms with Gasteiger partial charge in [0.25, 0.3) is 0 Å². The molecule has 0 fully saturated rings. The van der Waals surface area contributed by atoms with E-state index in [-0.39, 0.29) is 5.38 Å². The van der Waals surface area contributed by atoms with Gasteiger partial charge in [0.1, 0.15) is 5.69 Å². The monoisotopic (exact) mass is 187 g/mol. The van der Waals surface area contributed by atoms with Gasteiger partial charge in [-0.15, -0.1) is 16.7 Å². The van der Waals surface area contributed by atoms with Gasteiger partial charge in [-0.1, -0.05) is 25.5 Å². The van der Waals surface area contributed by atoms with Crippen molar-refractivity contribution in [1.82, 2.24) is 15.0 Å². The molecule has 0 N–H and O–H groups in total. The number of hydrogen-bond acceptors (Lipinski definition) is 2. The van der Waals surface area contributed by atoms with Crippen LogP contribution >= 0.6 is 11.6 Å². The highest BCUT2D eigenvalue weighted by Crippen LogP contribution is 2.28. The van der Waals surface area contributed by atoms with E-state index in [1.807, 2.05) is 13.2 Å². The third kappa shape index (κ3) is 1.97. The Hall–Kier alpha value is -0.570. The lowest BCUT2D eigenvalue weighted by atomic mass is 10.0. The van der Waals surface area contributed by atoms with E-state index in [9.17, 15) is 0 Å². The highest BCUT2D eigenvalue weighted by molar-refractivity contribution is 6.20. The largest absolute Gasteiger partial charge is 0.255 e. The second-order valence-electron chi connectivity index (χ2n) is 3.10. The van der Waals surface area contributed by atoms with Crippen LogP contribution < -0.4 is 0 Å². The van der Waals surface area contributed by atoms with Crippen molar-refractivity contribution in [2.45, 2.75) is 25.6 Å². The van der Waals surface area contributed by atoms with E-state index in [0.29, 0.717) is 5.92 Å². The molecule has 1 aromatic rings. The Morgan fingerprint density at radius 1 is 1.67 bits per heavy atom. The molecule has 0 aliphatic heterocycles. The smallest absolute Gasteiger partial charge is 0.101 e. The standard InChI is InChI=1S/C8H14ClN3/c1-4-6(2)8(9)7-5-12(3)11-10-7/h5-6,8H,4H2,1-3H3. The first-order chi connectivity index (χ1) is 5.65. The molecule has 0 aromatic carbocycles. The van der Waals surface area contributed by atoms with Crippen molar-refractivity contribution in [2.24, 2.45) is 13.0 Å². The quantitative estimate of drug-likeness (QED) is 0.679. The number of halogens is 1. The molecule has 2 unspecified atom stereocenters. The molecule has 0 amide bonds. The number of aromatic nitrogens is 3. The first kappa shape index (κ1) is 9.52. The van der Waals surface area contributed by atoms with E-state index < -0.39 is 0 Å². The van der Waals surface area contributed by atoms with Crippen LogP contribution in [0.1, 0.15) is 31.3 Å². The van der Waals surface area contributed by atoms with Crippen molar-refractivity contribution in [3.05, 3.63) is 11.9 Å². The van der Waals surface area contributed by atoms with Gasteiger partial charge in [-0.05, 0) is 5.92 Å². The second-order valence-corrected chi connectivity index (χ2v) is 3.57. The first-order valence-electron chi connectivity index (χ1n) is 4.15. The topological polar surface area (TPSA) is 30.7 Å². The molecule has 0 aliphatic carbocycles. The number of rotatable bonds is 3. The predicted octanol–water partition coefficient (Wildman–Crippen LogP) is 2.14. The zero-order valence-electron chi connectivity index (χ0n) is 7.66. The third-order valence-corrected chi connectivity index (χ3v) is 2.70. The first-order valence-corrected chi connectivity index (χ1v) is 4.59. The molecule has 0 saturated heterocycles. The average molecular weight is 188 g/mol. The Balaban J connectivity index is 2.70. The normalized spacial score (nSPS) is 16.0. The fraction of sp³-hybridized carbons (Fsp3) is 0.750. The summed E-state index contributed by atoms with van der Waals surface area (Å²) in [7, 11) is 1.84. The molecule has 2 atom stereocenters. The third-order valence-electron chi connectivity index (χ3n) is 2.05. The SMILES string of the molecule is CCC(C)C(Cl)c1cn(C)nn1. The fourth-order valence-electron chi connectivity index (χ4n) is 0.990. The van der Waals surface area contributed by atoms with Crippen molar-refractivity contribution >= 4 is 11.6 Å². The second kappa shape index (κ2) is 3.90. The molecular weight excluding hydrogens is 174 g/mol. The summed E-state index contributed by atoms with van der Waals surface area (Å²) in [6, 6.07) is 0. The Bertz CT molecular complexity index is 246. The molecule has 3 nitrogen and oxygen atoms in total. The lowest BCUT2D eigenvalue weighted by Crippen LogP contribution is -2.02. The maximum Gasteiger partial charge on any atom is 0.101 e. The zero-order chi connectivity index (χ0) is 9.14. The number of nitrogens with zero attached hydrogens (tertiary/aromatic N) is 3. The van der Waals surface area contributed by atoms with E-state index in [4.69, 9.17) is 11.6 Å². The van der Waals surface area contributed by atoms with Crippen molar-refractivity contribution in [1.29, 1.82) is 0 Å². The van der Waals surface area contributed by atoms with Gasteiger partial charge in [-0.2, -0.15) is 0 Å². The van der Waals surface area contributed by atoms with E-state index in [1.165, 1.54) is 0 Å². The highest BCUT2D eigenvalue weighted by atomic mass is 35.5. The minimum absolute atomic E-state index is 0.0105. The van der Waals surface area contributed by atoms with Gasteiger partial charge in [-0.25, -0.2) is 0 Å². The maximum atomic E-state index is 6.15. The van der Waals surface area contributed by atoms with Crippen LogP contribution in [0.3, 0.4) is 0 Å². The summed E-state index contributed by atoms with van der Waals surface area (Å²) in [5, 5.41) is 7.79. The van der Waals surface area contributed by atoms with Crippen molar-refractivity contribution in [3.63, 3.8) is 0 Å². The van der Waals surface area contributed by atoms with Crippen LogP contribution in [0.4, 0.5) is 0 Å². The molecule has 0 aliphatic rings. The van der Waals surface area contributed by atoms with Crippen LogP contribution in [0, 0.1) is 5.92 Å². The van der Waals surface area contributed by atoms with Crippen LogP contribution in [0.15, 0.2) is 6.20 Å². The lowest BCUT2D eigenvalue weighted by Gasteiger charge is -2.12. The van der Waals surface area contributed by atoms with Gasteiger partial charge in [-0.3, -0.25) is 4.68 Å². The van der Waals surface area contributed by atoms with Gasteiger partial charge >= 0.3 is 0 Å². The minimum Gasteiger partial charge on any atom is -0.255 e. The molecule has 0 saturated carbocycles. The van der Waals surface area contributed by atoms with E-state index >= 15 is 0 Å². The van der Waals surface area contributed by atoms with E-state index in [1.54, 1.807) is 4.68 Å². The Morgan fingerprint density at radius 2 is 2.33 bits per heavy atom. The summed E-state index contributed by atoms with van der Waals surface area (Å²) in [5.74, 6) is 0.448. The van der Waals surface area contributed by atoms with Gasteiger partial charge in [0.05, 0.1) is 5.38 Å². The van der Waals surface area contributed by atoms with Crippen LogP contribution in [-0.4, -0.2) is 15.0 Å². The van der Waals surface area contributed by atoms with Gasteiger partial charge in [0.15, 0.2) is 0 Å². The summed E-state index contributed by atoms with van der Waals surface area (Å²) in [4.78, 5) is 0. The Labute approximate surface area is 77.7 Å². The molecule has 0 radical (unpaired) electrons. The molecule has 0 bridgehead atoms. The fourth-order valence-corrected chi connectivity index (χ4v) is 1.27. The molecule has 12 heavy (non-hydrogen) atoms. The number of alkyl halides is 1.